The second kappa shape index (κ2) is 5.81. The van der Waals surface area contributed by atoms with Crippen LogP contribution in [0, 0.1) is 5.92 Å². The molecule has 1 aromatic heterocycles. The van der Waals surface area contributed by atoms with E-state index in [1.807, 2.05) is 4.90 Å². The fraction of sp³-hybridized carbons (Fsp3) is 0.471. The van der Waals surface area contributed by atoms with E-state index in [1.54, 1.807) is 31.4 Å². The predicted octanol–water partition coefficient (Wildman–Crippen LogP) is 0.934. The van der Waals surface area contributed by atoms with Gasteiger partial charge in [0.05, 0.1) is 12.4 Å². The van der Waals surface area contributed by atoms with Crippen LogP contribution in [-0.4, -0.2) is 29.2 Å². The Hall–Kier alpha value is -2.57. The molecule has 0 unspecified atom stereocenters. The summed E-state index contributed by atoms with van der Waals surface area (Å²) in [6.07, 6.45) is 3.91. The Morgan fingerprint density at radius 1 is 1.33 bits per heavy atom. The maximum Gasteiger partial charge on any atom is 0.259 e. The van der Waals surface area contributed by atoms with Crippen LogP contribution in [0.5, 0.6) is 11.7 Å². The summed E-state index contributed by atoms with van der Waals surface area (Å²) in [6.45, 7) is 0.244. The molecule has 0 radical (unpaired) electrons. The molecule has 4 rings (SSSR count). The van der Waals surface area contributed by atoms with Crippen LogP contribution in [0.4, 0.5) is 0 Å². The lowest BCUT2D eigenvalue weighted by atomic mass is 10.2. The first-order chi connectivity index (χ1) is 11.7. The molecular formula is C17H19N3O4. The second-order valence-corrected chi connectivity index (χ2v) is 6.39. The zero-order valence-electron chi connectivity index (χ0n) is 13.5. The van der Waals surface area contributed by atoms with Gasteiger partial charge in [-0.15, -0.1) is 0 Å². The Bertz CT molecular complexity index is 748. The summed E-state index contributed by atoms with van der Waals surface area (Å²) in [4.78, 5) is 14.3. The largest absolute Gasteiger partial charge is 0.539 e. The van der Waals surface area contributed by atoms with Crippen molar-refractivity contribution in [2.45, 2.75) is 38.3 Å². The van der Waals surface area contributed by atoms with Crippen molar-refractivity contribution < 1.29 is 23.8 Å². The van der Waals surface area contributed by atoms with E-state index in [9.17, 15) is 9.90 Å². The average Bonchev–Trinajstić information content (AvgIpc) is 3.51. The molecule has 1 amide bonds. The molecule has 2 aliphatic rings. The number of aromatic nitrogens is 2. The molecule has 0 atom stereocenters. The van der Waals surface area contributed by atoms with Crippen LogP contribution in [0.3, 0.4) is 0 Å². The molecule has 0 aliphatic heterocycles. The SMILES string of the molecule is COc1ccc(-[n+]2noc([O-])c2CN(C(=O)C2CC2)C2CC2)cc1. The summed E-state index contributed by atoms with van der Waals surface area (Å²) < 4.78 is 11.5. The topological polar surface area (TPSA) is 82.5 Å². The molecule has 0 N–H and O–H groups in total. The van der Waals surface area contributed by atoms with E-state index in [0.29, 0.717) is 11.4 Å². The lowest BCUT2D eigenvalue weighted by Gasteiger charge is -2.20. The molecule has 2 aliphatic carbocycles. The molecule has 1 aromatic carbocycles. The van der Waals surface area contributed by atoms with Gasteiger partial charge in [0.25, 0.3) is 5.69 Å². The van der Waals surface area contributed by atoms with Gasteiger partial charge in [0.2, 0.25) is 11.6 Å². The van der Waals surface area contributed by atoms with Crippen LogP contribution in [0.15, 0.2) is 28.8 Å². The molecular weight excluding hydrogens is 310 g/mol. The van der Waals surface area contributed by atoms with Crippen LogP contribution >= 0.6 is 0 Å². The Morgan fingerprint density at radius 2 is 2.04 bits per heavy atom. The summed E-state index contributed by atoms with van der Waals surface area (Å²) in [5.41, 5.74) is 1.08. The summed E-state index contributed by atoms with van der Waals surface area (Å²) in [7, 11) is 1.59. The van der Waals surface area contributed by atoms with E-state index in [2.05, 4.69) is 5.27 Å². The van der Waals surface area contributed by atoms with Gasteiger partial charge >= 0.3 is 0 Å². The van der Waals surface area contributed by atoms with Crippen LogP contribution in [0.25, 0.3) is 5.69 Å². The number of methoxy groups -OCH3 is 1. The zero-order chi connectivity index (χ0) is 16.7. The van der Waals surface area contributed by atoms with Crippen molar-refractivity contribution in [3.63, 3.8) is 0 Å². The number of amides is 1. The fourth-order valence-electron chi connectivity index (χ4n) is 2.82. The van der Waals surface area contributed by atoms with Gasteiger partial charge in [-0.3, -0.25) is 4.79 Å². The Kier molecular flexibility index (Phi) is 3.63. The number of rotatable bonds is 6. The van der Waals surface area contributed by atoms with Crippen molar-refractivity contribution in [2.75, 3.05) is 7.11 Å². The van der Waals surface area contributed by atoms with Crippen molar-refractivity contribution >= 4 is 5.91 Å². The van der Waals surface area contributed by atoms with Gasteiger partial charge in [0.15, 0.2) is 5.95 Å². The molecule has 2 saturated carbocycles. The number of carbonyl (C=O) groups is 1. The highest BCUT2D eigenvalue weighted by molar-refractivity contribution is 5.81. The second-order valence-electron chi connectivity index (χ2n) is 6.39. The van der Waals surface area contributed by atoms with Crippen molar-refractivity contribution in [1.29, 1.82) is 0 Å². The van der Waals surface area contributed by atoms with Gasteiger partial charge in [-0.05, 0) is 42.5 Å². The van der Waals surface area contributed by atoms with Gasteiger partial charge in [-0.2, -0.15) is 0 Å². The molecule has 7 nitrogen and oxygen atoms in total. The Balaban J connectivity index is 1.62. The number of hydrogen-bond donors (Lipinski definition) is 0. The molecule has 2 aromatic rings. The van der Waals surface area contributed by atoms with E-state index in [4.69, 9.17) is 9.26 Å². The monoisotopic (exact) mass is 329 g/mol. The fourth-order valence-corrected chi connectivity index (χ4v) is 2.82. The number of carbonyl (C=O) groups excluding carboxylic acids is 1. The minimum Gasteiger partial charge on any atom is -0.539 e. The average molecular weight is 329 g/mol. The van der Waals surface area contributed by atoms with Crippen LogP contribution < -0.4 is 14.5 Å². The van der Waals surface area contributed by atoms with Crippen molar-refractivity contribution in [3.8, 4) is 17.4 Å². The third-order valence-corrected chi connectivity index (χ3v) is 4.53. The third-order valence-electron chi connectivity index (χ3n) is 4.53. The van der Waals surface area contributed by atoms with Gasteiger partial charge in [0.1, 0.15) is 12.3 Å². The lowest BCUT2D eigenvalue weighted by Crippen LogP contribution is -2.42. The molecule has 24 heavy (non-hydrogen) atoms. The van der Waals surface area contributed by atoms with Crippen molar-refractivity contribution in [2.24, 2.45) is 5.92 Å². The molecule has 126 valence electrons. The molecule has 2 fully saturated rings. The molecule has 7 heteroatoms. The first kappa shape index (κ1) is 15.0. The number of nitrogens with zero attached hydrogens (tertiary/aromatic N) is 3. The number of ether oxygens (including phenoxy) is 1. The van der Waals surface area contributed by atoms with E-state index in [0.717, 1.165) is 31.4 Å². The lowest BCUT2D eigenvalue weighted by molar-refractivity contribution is -0.678. The highest BCUT2D eigenvalue weighted by atomic mass is 16.6. The molecule has 0 spiro atoms. The summed E-state index contributed by atoms with van der Waals surface area (Å²) >= 11 is 0. The maximum atomic E-state index is 12.5. The van der Waals surface area contributed by atoms with E-state index in [-0.39, 0.29) is 24.4 Å². The quantitative estimate of drug-likeness (QED) is 0.737. The van der Waals surface area contributed by atoms with Gasteiger partial charge < -0.3 is 19.3 Å². The highest BCUT2D eigenvalue weighted by Gasteiger charge is 2.41. The van der Waals surface area contributed by atoms with Crippen LogP contribution in [0.2, 0.25) is 0 Å². The minimum absolute atomic E-state index is 0.134. The van der Waals surface area contributed by atoms with Crippen LogP contribution in [-0.2, 0) is 11.3 Å². The normalized spacial score (nSPS) is 16.9. The number of benzene rings is 1. The summed E-state index contributed by atoms with van der Waals surface area (Å²) in [5, 5.41) is 16.0. The standard InChI is InChI=1S/C17H19N3O4/c1-23-14-8-6-13(7-9-14)20-15(17(22)24-18-20)10-19(12-4-5-12)16(21)11-2-3-11/h6-9,11-12H,2-5,10H2,1H3. The Labute approximate surface area is 139 Å². The van der Waals surface area contributed by atoms with Gasteiger partial charge in [0, 0.05) is 24.1 Å². The predicted molar refractivity (Wildman–Crippen MR) is 80.3 cm³/mol. The smallest absolute Gasteiger partial charge is 0.259 e. The van der Waals surface area contributed by atoms with E-state index in [1.165, 1.54) is 4.68 Å². The Morgan fingerprint density at radius 3 is 2.62 bits per heavy atom. The summed E-state index contributed by atoms with van der Waals surface area (Å²) in [6, 6.07) is 7.43. The first-order valence-electron chi connectivity index (χ1n) is 8.20. The van der Waals surface area contributed by atoms with Gasteiger partial charge in [-0.1, -0.05) is 0 Å². The van der Waals surface area contributed by atoms with Crippen molar-refractivity contribution in [3.05, 3.63) is 30.0 Å². The molecule has 1 heterocycles. The maximum absolute atomic E-state index is 12.5. The highest BCUT2D eigenvalue weighted by Crippen LogP contribution is 2.37. The van der Waals surface area contributed by atoms with E-state index >= 15 is 0 Å². The molecule has 0 saturated heterocycles. The minimum atomic E-state index is -0.500. The van der Waals surface area contributed by atoms with Gasteiger partial charge in [-0.25, -0.2) is 0 Å². The number of hydrogen-bond acceptors (Lipinski definition) is 5. The first-order valence-corrected chi connectivity index (χ1v) is 8.20. The van der Waals surface area contributed by atoms with Crippen molar-refractivity contribution in [1.82, 2.24) is 10.2 Å². The zero-order valence-corrected chi connectivity index (χ0v) is 13.5. The molecule has 0 bridgehead atoms. The van der Waals surface area contributed by atoms with Crippen LogP contribution in [0.1, 0.15) is 31.4 Å². The third kappa shape index (κ3) is 2.81. The summed E-state index contributed by atoms with van der Waals surface area (Å²) in [5.74, 6) is 0.504. The van der Waals surface area contributed by atoms with E-state index < -0.39 is 5.95 Å².